The Morgan fingerprint density at radius 2 is 1.81 bits per heavy atom. The van der Waals surface area contributed by atoms with Gasteiger partial charge in [0.25, 0.3) is 0 Å². The van der Waals surface area contributed by atoms with Crippen LogP contribution in [0.15, 0.2) is 36.4 Å². The molecule has 0 amide bonds. The number of aromatic nitrogens is 1. The Bertz CT molecular complexity index is 966. The van der Waals surface area contributed by atoms with Gasteiger partial charge >= 0.3 is 7.60 Å². The molecule has 3 rings (SSSR count). The van der Waals surface area contributed by atoms with Gasteiger partial charge in [-0.05, 0) is 37.6 Å². The van der Waals surface area contributed by atoms with Gasteiger partial charge in [0.15, 0.2) is 0 Å². The highest BCUT2D eigenvalue weighted by Crippen LogP contribution is 2.51. The van der Waals surface area contributed by atoms with Gasteiger partial charge in [-0.3, -0.25) is 4.57 Å². The molecule has 2 aromatic carbocycles. The molecule has 3 aromatic rings. The van der Waals surface area contributed by atoms with Crippen LogP contribution in [0.1, 0.15) is 19.4 Å². The zero-order valence-electron chi connectivity index (χ0n) is 14.4. The van der Waals surface area contributed by atoms with E-state index in [-0.39, 0.29) is 30.8 Å². The van der Waals surface area contributed by atoms with E-state index in [1.165, 1.54) is 29.5 Å². The Kier molecular flexibility index (Phi) is 5.82. The van der Waals surface area contributed by atoms with Gasteiger partial charge < -0.3 is 9.05 Å². The molecule has 1 aromatic heterocycles. The fourth-order valence-corrected chi connectivity index (χ4v) is 5.22. The van der Waals surface area contributed by atoms with Crippen molar-refractivity contribution in [2.45, 2.75) is 20.0 Å². The van der Waals surface area contributed by atoms with E-state index in [1.807, 2.05) is 0 Å². The summed E-state index contributed by atoms with van der Waals surface area (Å²) in [7, 11) is -3.38. The fraction of sp³-hybridized carbons (Fsp3) is 0.278. The first-order valence-electron chi connectivity index (χ1n) is 8.17. The lowest BCUT2D eigenvalue weighted by molar-refractivity contribution is 0.219. The molecule has 26 heavy (non-hydrogen) atoms. The highest BCUT2D eigenvalue weighted by Gasteiger charge is 2.26. The van der Waals surface area contributed by atoms with Crippen LogP contribution in [0.3, 0.4) is 0 Å². The number of benzene rings is 2. The number of fused-ring (bicyclic) bond motifs is 1. The number of halogens is 2. The molecule has 4 nitrogen and oxygen atoms in total. The second kappa shape index (κ2) is 7.92. The molecule has 1 heterocycles. The Hall–Kier alpha value is -1.66. The topological polar surface area (TPSA) is 48.4 Å². The molecule has 0 spiro atoms. The number of hydrogen-bond acceptors (Lipinski definition) is 5. The first-order chi connectivity index (χ1) is 12.4. The van der Waals surface area contributed by atoms with E-state index in [9.17, 15) is 13.3 Å². The van der Waals surface area contributed by atoms with Crippen LogP contribution in [0.5, 0.6) is 0 Å². The maximum atomic E-state index is 14.6. The lowest BCUT2D eigenvalue weighted by atomic mass is 10.1. The summed E-state index contributed by atoms with van der Waals surface area (Å²) < 4.78 is 51.7. The molecule has 138 valence electrons. The standard InChI is InChI=1S/C18H18F2NO3PS/c1-3-23-25(22,24-4-2)11-13-6-5-12(9-15(13)20)18-21-16-10-14(19)7-8-17(16)26-18/h5-10H,3-4,11H2,1-2H3. The highest BCUT2D eigenvalue weighted by molar-refractivity contribution is 7.53. The van der Waals surface area contributed by atoms with E-state index in [2.05, 4.69) is 4.98 Å². The Balaban J connectivity index is 1.89. The van der Waals surface area contributed by atoms with Gasteiger partial charge in [-0.2, -0.15) is 0 Å². The van der Waals surface area contributed by atoms with Crippen molar-refractivity contribution in [1.82, 2.24) is 4.98 Å². The number of nitrogens with zero attached hydrogens (tertiary/aromatic N) is 1. The average Bonchev–Trinajstić information content (AvgIpc) is 3.00. The van der Waals surface area contributed by atoms with Crippen molar-refractivity contribution in [3.63, 3.8) is 0 Å². The fourth-order valence-electron chi connectivity index (χ4n) is 2.56. The van der Waals surface area contributed by atoms with E-state index in [0.29, 0.717) is 16.1 Å². The minimum Gasteiger partial charge on any atom is -0.309 e. The lowest BCUT2D eigenvalue weighted by Crippen LogP contribution is -2.01. The summed E-state index contributed by atoms with van der Waals surface area (Å²) >= 11 is 1.35. The molecule has 0 radical (unpaired) electrons. The maximum absolute atomic E-state index is 14.6. The van der Waals surface area contributed by atoms with Crippen molar-refractivity contribution in [3.8, 4) is 10.6 Å². The summed E-state index contributed by atoms with van der Waals surface area (Å²) in [4.78, 5) is 4.36. The third-order valence-electron chi connectivity index (χ3n) is 3.67. The summed E-state index contributed by atoms with van der Waals surface area (Å²) in [5, 5.41) is 0.592. The van der Waals surface area contributed by atoms with Gasteiger partial charge in [0.05, 0.1) is 29.6 Å². The van der Waals surface area contributed by atoms with Gasteiger partial charge in [-0.15, -0.1) is 11.3 Å². The Morgan fingerprint density at radius 3 is 2.46 bits per heavy atom. The minimum atomic E-state index is -3.38. The normalized spacial score (nSPS) is 12.0. The summed E-state index contributed by atoms with van der Waals surface area (Å²) in [5.41, 5.74) is 1.37. The van der Waals surface area contributed by atoms with E-state index >= 15 is 0 Å². The predicted molar refractivity (Wildman–Crippen MR) is 99.5 cm³/mol. The molecule has 0 N–H and O–H groups in total. The molecule has 0 saturated heterocycles. The average molecular weight is 397 g/mol. The molecular formula is C18H18F2NO3PS. The smallest absolute Gasteiger partial charge is 0.309 e. The number of rotatable bonds is 7. The van der Waals surface area contributed by atoms with Gasteiger partial charge in [-0.1, -0.05) is 12.1 Å². The summed E-state index contributed by atoms with van der Waals surface area (Å²) in [6, 6.07) is 8.97. The van der Waals surface area contributed by atoms with Crippen LogP contribution in [0.2, 0.25) is 0 Å². The van der Waals surface area contributed by atoms with Gasteiger partial charge in [0.2, 0.25) is 0 Å². The van der Waals surface area contributed by atoms with E-state index in [1.54, 1.807) is 32.0 Å². The molecule has 0 bridgehead atoms. The monoisotopic (exact) mass is 397 g/mol. The van der Waals surface area contributed by atoms with E-state index in [4.69, 9.17) is 9.05 Å². The minimum absolute atomic E-state index is 0.133. The van der Waals surface area contributed by atoms with Crippen molar-refractivity contribution in [2.75, 3.05) is 13.2 Å². The molecule has 0 aliphatic carbocycles. The molecule has 0 aliphatic rings. The largest absolute Gasteiger partial charge is 0.335 e. The van der Waals surface area contributed by atoms with Crippen molar-refractivity contribution in [3.05, 3.63) is 53.6 Å². The first kappa shape index (κ1) is 19.1. The summed E-state index contributed by atoms with van der Waals surface area (Å²) in [6.45, 7) is 3.86. The first-order valence-corrected chi connectivity index (χ1v) is 10.7. The van der Waals surface area contributed by atoms with Crippen LogP contribution >= 0.6 is 18.9 Å². The lowest BCUT2D eigenvalue weighted by Gasteiger charge is -2.17. The van der Waals surface area contributed by atoms with Crippen LogP contribution < -0.4 is 0 Å². The van der Waals surface area contributed by atoms with Crippen molar-refractivity contribution < 1.29 is 22.4 Å². The number of hydrogen-bond donors (Lipinski definition) is 0. The predicted octanol–water partition coefficient (Wildman–Crippen LogP) is 6.01. The van der Waals surface area contributed by atoms with Crippen LogP contribution in [0.4, 0.5) is 8.78 Å². The van der Waals surface area contributed by atoms with E-state index < -0.39 is 13.4 Å². The maximum Gasteiger partial charge on any atom is 0.335 e. The molecule has 0 saturated carbocycles. The second-order valence-electron chi connectivity index (χ2n) is 5.54. The number of thiazole rings is 1. The molecule has 0 atom stereocenters. The summed E-state index contributed by atoms with van der Waals surface area (Å²) in [5.74, 6) is -0.869. The molecule has 0 fully saturated rings. The Labute approximate surface area is 154 Å². The Morgan fingerprint density at radius 1 is 1.08 bits per heavy atom. The van der Waals surface area contributed by atoms with E-state index in [0.717, 1.165) is 4.70 Å². The highest BCUT2D eigenvalue weighted by atomic mass is 32.1. The molecule has 0 unspecified atom stereocenters. The third kappa shape index (κ3) is 4.18. The summed E-state index contributed by atoms with van der Waals surface area (Å²) in [6.07, 6.45) is -0.133. The second-order valence-corrected chi connectivity index (χ2v) is 8.63. The zero-order chi connectivity index (χ0) is 18.7. The van der Waals surface area contributed by atoms with Gasteiger partial charge in [0.1, 0.15) is 16.6 Å². The molecule has 8 heteroatoms. The van der Waals surface area contributed by atoms with Crippen molar-refractivity contribution in [2.24, 2.45) is 0 Å². The van der Waals surface area contributed by atoms with Crippen LogP contribution in [0.25, 0.3) is 20.8 Å². The van der Waals surface area contributed by atoms with Crippen LogP contribution in [-0.2, 0) is 19.8 Å². The molecular weight excluding hydrogens is 379 g/mol. The van der Waals surface area contributed by atoms with Crippen LogP contribution in [-0.4, -0.2) is 18.2 Å². The van der Waals surface area contributed by atoms with Gasteiger partial charge in [0, 0.05) is 11.6 Å². The third-order valence-corrected chi connectivity index (χ3v) is 6.78. The van der Waals surface area contributed by atoms with Gasteiger partial charge in [-0.25, -0.2) is 13.8 Å². The quantitative estimate of drug-likeness (QED) is 0.458. The molecule has 0 aliphatic heterocycles. The van der Waals surface area contributed by atoms with Crippen molar-refractivity contribution in [1.29, 1.82) is 0 Å². The van der Waals surface area contributed by atoms with Crippen molar-refractivity contribution >= 4 is 29.1 Å². The van der Waals surface area contributed by atoms with Crippen LogP contribution in [0, 0.1) is 11.6 Å². The zero-order valence-corrected chi connectivity index (χ0v) is 16.1. The SMILES string of the molecule is CCOP(=O)(Cc1ccc(-c2nc3cc(F)ccc3s2)cc1F)OCC.